The highest BCUT2D eigenvalue weighted by Gasteiger charge is 2.35. The Kier molecular flexibility index (Phi) is 4.11. The molecule has 0 aliphatic heterocycles. The number of nitrogens with zero attached hydrogens (tertiary/aromatic N) is 3. The standard InChI is InChI=1S/C21H25N3/c1-3-24-14-12-18-17(7-6-9-20(18)24)15-23(2)21(16-10-11-16)19-8-4-5-13-22-19/h4-9,12-14,16,21H,3,10-11,15H2,1-2H3. The van der Waals surface area contributed by atoms with Crippen LogP contribution in [0.3, 0.4) is 0 Å². The molecule has 0 radical (unpaired) electrons. The van der Waals surface area contributed by atoms with Gasteiger partial charge in [-0.3, -0.25) is 9.88 Å². The Bertz CT molecular complexity index is 817. The maximum Gasteiger partial charge on any atom is 0.0578 e. The van der Waals surface area contributed by atoms with Gasteiger partial charge in [-0.1, -0.05) is 18.2 Å². The minimum Gasteiger partial charge on any atom is -0.348 e. The molecule has 2 aromatic heterocycles. The number of pyridine rings is 1. The van der Waals surface area contributed by atoms with Gasteiger partial charge in [0, 0.05) is 36.4 Å². The fraction of sp³-hybridized carbons (Fsp3) is 0.381. The average molecular weight is 319 g/mol. The minimum absolute atomic E-state index is 0.426. The fourth-order valence-corrected chi connectivity index (χ4v) is 3.86. The molecule has 124 valence electrons. The Morgan fingerprint density at radius 1 is 1.17 bits per heavy atom. The Labute approximate surface area is 143 Å². The van der Waals surface area contributed by atoms with Crippen LogP contribution in [0.1, 0.15) is 37.1 Å². The molecule has 0 N–H and O–H groups in total. The molecule has 1 fully saturated rings. The highest BCUT2D eigenvalue weighted by molar-refractivity contribution is 5.83. The summed E-state index contributed by atoms with van der Waals surface area (Å²) in [5.74, 6) is 0.754. The van der Waals surface area contributed by atoms with Gasteiger partial charge in [0.2, 0.25) is 0 Å². The number of hydrogen-bond donors (Lipinski definition) is 0. The molecule has 1 aliphatic carbocycles. The second-order valence-electron chi connectivity index (χ2n) is 6.90. The number of benzene rings is 1. The second-order valence-corrected chi connectivity index (χ2v) is 6.90. The smallest absolute Gasteiger partial charge is 0.0578 e. The minimum atomic E-state index is 0.426. The lowest BCUT2D eigenvalue weighted by atomic mass is 10.0. The quantitative estimate of drug-likeness (QED) is 0.660. The number of rotatable bonds is 6. The summed E-state index contributed by atoms with van der Waals surface area (Å²) in [6.45, 7) is 4.17. The van der Waals surface area contributed by atoms with Gasteiger partial charge in [-0.15, -0.1) is 0 Å². The van der Waals surface area contributed by atoms with E-state index in [2.05, 4.69) is 71.0 Å². The van der Waals surface area contributed by atoms with Crippen LogP contribution in [-0.2, 0) is 13.1 Å². The van der Waals surface area contributed by atoms with E-state index in [4.69, 9.17) is 0 Å². The second kappa shape index (κ2) is 6.40. The number of hydrogen-bond acceptors (Lipinski definition) is 2. The summed E-state index contributed by atoms with van der Waals surface area (Å²) in [4.78, 5) is 7.12. The van der Waals surface area contributed by atoms with Crippen molar-refractivity contribution in [3.63, 3.8) is 0 Å². The van der Waals surface area contributed by atoms with E-state index in [-0.39, 0.29) is 0 Å². The zero-order chi connectivity index (χ0) is 16.5. The van der Waals surface area contributed by atoms with Gasteiger partial charge in [-0.25, -0.2) is 0 Å². The maximum absolute atomic E-state index is 4.64. The van der Waals surface area contributed by atoms with E-state index in [0.29, 0.717) is 6.04 Å². The van der Waals surface area contributed by atoms with E-state index in [1.807, 2.05) is 12.3 Å². The van der Waals surface area contributed by atoms with Crippen molar-refractivity contribution in [2.24, 2.45) is 5.92 Å². The molecule has 3 heteroatoms. The molecule has 3 aromatic rings. The molecule has 1 aliphatic rings. The van der Waals surface area contributed by atoms with Crippen molar-refractivity contribution >= 4 is 10.9 Å². The van der Waals surface area contributed by atoms with Gasteiger partial charge in [-0.05, 0) is 62.6 Å². The molecule has 1 aromatic carbocycles. The van der Waals surface area contributed by atoms with Crippen molar-refractivity contribution in [3.8, 4) is 0 Å². The first-order valence-electron chi connectivity index (χ1n) is 8.96. The molecule has 24 heavy (non-hydrogen) atoms. The highest BCUT2D eigenvalue weighted by atomic mass is 15.1. The molecule has 1 saturated carbocycles. The Morgan fingerprint density at radius 3 is 2.75 bits per heavy atom. The van der Waals surface area contributed by atoms with E-state index in [0.717, 1.165) is 19.0 Å². The van der Waals surface area contributed by atoms with Crippen LogP contribution >= 0.6 is 0 Å². The molecule has 1 unspecified atom stereocenters. The van der Waals surface area contributed by atoms with Gasteiger partial charge in [0.1, 0.15) is 0 Å². The molecule has 2 heterocycles. The van der Waals surface area contributed by atoms with Crippen LogP contribution in [0, 0.1) is 5.92 Å². The lowest BCUT2D eigenvalue weighted by Gasteiger charge is -2.28. The van der Waals surface area contributed by atoms with Crippen molar-refractivity contribution in [2.45, 2.75) is 38.9 Å². The molecule has 1 atom stereocenters. The van der Waals surface area contributed by atoms with Crippen molar-refractivity contribution in [1.82, 2.24) is 14.5 Å². The first kappa shape index (κ1) is 15.4. The molecule has 0 spiro atoms. The Morgan fingerprint density at radius 2 is 2.04 bits per heavy atom. The molecular formula is C21H25N3. The number of aromatic nitrogens is 2. The van der Waals surface area contributed by atoms with E-state index in [1.54, 1.807) is 0 Å². The summed E-state index contributed by atoms with van der Waals surface area (Å²) in [6.07, 6.45) is 6.76. The predicted molar refractivity (Wildman–Crippen MR) is 98.8 cm³/mol. The highest BCUT2D eigenvalue weighted by Crippen LogP contribution is 2.44. The van der Waals surface area contributed by atoms with Gasteiger partial charge in [0.05, 0.1) is 11.7 Å². The van der Waals surface area contributed by atoms with Crippen LogP contribution in [0.15, 0.2) is 54.9 Å². The third-order valence-corrected chi connectivity index (χ3v) is 5.20. The number of fused-ring (bicyclic) bond motifs is 1. The molecular weight excluding hydrogens is 294 g/mol. The SMILES string of the molecule is CCn1ccc2c(CN(C)C(c3ccccn3)C3CC3)cccc21. The molecule has 0 saturated heterocycles. The van der Waals surface area contributed by atoms with Crippen molar-refractivity contribution in [3.05, 3.63) is 66.1 Å². The normalized spacial score (nSPS) is 16.0. The van der Waals surface area contributed by atoms with Crippen LogP contribution in [0.2, 0.25) is 0 Å². The molecule has 0 bridgehead atoms. The maximum atomic E-state index is 4.64. The molecule has 4 rings (SSSR count). The summed E-state index contributed by atoms with van der Waals surface area (Å²) in [5.41, 5.74) is 3.95. The predicted octanol–water partition coefficient (Wildman–Crippen LogP) is 4.64. The number of aryl methyl sites for hydroxylation is 1. The largest absolute Gasteiger partial charge is 0.348 e. The first-order chi connectivity index (χ1) is 11.8. The fourth-order valence-electron chi connectivity index (χ4n) is 3.86. The van der Waals surface area contributed by atoms with Gasteiger partial charge in [0.25, 0.3) is 0 Å². The van der Waals surface area contributed by atoms with Gasteiger partial charge >= 0.3 is 0 Å². The first-order valence-corrected chi connectivity index (χ1v) is 8.96. The molecule has 3 nitrogen and oxygen atoms in total. The van der Waals surface area contributed by atoms with Gasteiger partial charge in [-0.2, -0.15) is 0 Å². The third kappa shape index (κ3) is 2.84. The topological polar surface area (TPSA) is 21.1 Å². The summed E-state index contributed by atoms with van der Waals surface area (Å²) >= 11 is 0. The van der Waals surface area contributed by atoms with Crippen molar-refractivity contribution in [1.29, 1.82) is 0 Å². The monoisotopic (exact) mass is 319 g/mol. The van der Waals surface area contributed by atoms with E-state index in [1.165, 1.54) is 35.0 Å². The lowest BCUT2D eigenvalue weighted by molar-refractivity contribution is 0.209. The van der Waals surface area contributed by atoms with E-state index < -0.39 is 0 Å². The molecule has 0 amide bonds. The van der Waals surface area contributed by atoms with Crippen LogP contribution in [0.25, 0.3) is 10.9 Å². The van der Waals surface area contributed by atoms with E-state index in [9.17, 15) is 0 Å². The van der Waals surface area contributed by atoms with Gasteiger partial charge < -0.3 is 4.57 Å². The van der Waals surface area contributed by atoms with E-state index >= 15 is 0 Å². The van der Waals surface area contributed by atoms with Crippen LogP contribution in [-0.4, -0.2) is 21.5 Å². The lowest BCUT2D eigenvalue weighted by Crippen LogP contribution is -2.26. The zero-order valence-corrected chi connectivity index (χ0v) is 14.5. The Hall–Kier alpha value is -2.13. The van der Waals surface area contributed by atoms with Gasteiger partial charge in [0.15, 0.2) is 0 Å². The van der Waals surface area contributed by atoms with Crippen LogP contribution in [0.4, 0.5) is 0 Å². The Balaban J connectivity index is 1.63. The average Bonchev–Trinajstić information content (AvgIpc) is 3.34. The van der Waals surface area contributed by atoms with Crippen molar-refractivity contribution in [2.75, 3.05) is 7.05 Å². The summed E-state index contributed by atoms with van der Waals surface area (Å²) in [7, 11) is 2.24. The third-order valence-electron chi connectivity index (χ3n) is 5.20. The van der Waals surface area contributed by atoms with Crippen molar-refractivity contribution < 1.29 is 0 Å². The summed E-state index contributed by atoms with van der Waals surface area (Å²) in [5, 5.41) is 1.38. The van der Waals surface area contributed by atoms with Crippen LogP contribution in [0.5, 0.6) is 0 Å². The summed E-state index contributed by atoms with van der Waals surface area (Å²) in [6, 6.07) is 15.6. The summed E-state index contributed by atoms with van der Waals surface area (Å²) < 4.78 is 2.32. The van der Waals surface area contributed by atoms with Crippen LogP contribution < -0.4 is 0 Å². The zero-order valence-electron chi connectivity index (χ0n) is 14.5.